The SMILES string of the molecule is Cn1c(CCc2cccc(N)c2)nc2cc(Cl)ccc21. The second-order valence-electron chi connectivity index (χ2n) is 4.97. The van der Waals surface area contributed by atoms with Gasteiger partial charge < -0.3 is 10.3 Å². The number of fused-ring (bicyclic) bond motifs is 1. The standard InChI is InChI=1S/C16H16ClN3/c1-20-15-7-6-12(17)10-14(15)19-16(20)8-5-11-3-2-4-13(18)9-11/h2-4,6-7,9-10H,5,8,18H2,1H3. The van der Waals surface area contributed by atoms with Crippen molar-refractivity contribution in [2.24, 2.45) is 7.05 Å². The number of hydrogen-bond acceptors (Lipinski definition) is 2. The van der Waals surface area contributed by atoms with E-state index in [0.717, 1.165) is 40.4 Å². The van der Waals surface area contributed by atoms with Crippen molar-refractivity contribution >= 4 is 28.3 Å². The highest BCUT2D eigenvalue weighted by Crippen LogP contribution is 2.20. The maximum Gasteiger partial charge on any atom is 0.109 e. The van der Waals surface area contributed by atoms with Gasteiger partial charge in [0.1, 0.15) is 5.82 Å². The molecule has 0 amide bonds. The fourth-order valence-corrected chi connectivity index (χ4v) is 2.62. The molecular formula is C16H16ClN3. The van der Waals surface area contributed by atoms with E-state index in [4.69, 9.17) is 17.3 Å². The smallest absolute Gasteiger partial charge is 0.109 e. The van der Waals surface area contributed by atoms with Crippen molar-refractivity contribution in [2.45, 2.75) is 12.8 Å². The molecule has 3 nitrogen and oxygen atoms in total. The molecule has 0 fully saturated rings. The monoisotopic (exact) mass is 285 g/mol. The van der Waals surface area contributed by atoms with Gasteiger partial charge in [0, 0.05) is 24.2 Å². The number of anilines is 1. The molecule has 3 rings (SSSR count). The predicted molar refractivity (Wildman–Crippen MR) is 84.0 cm³/mol. The summed E-state index contributed by atoms with van der Waals surface area (Å²) >= 11 is 6.01. The Labute approximate surface area is 123 Å². The molecule has 1 heterocycles. The van der Waals surface area contributed by atoms with Crippen LogP contribution in [0.25, 0.3) is 11.0 Å². The minimum Gasteiger partial charge on any atom is -0.399 e. The summed E-state index contributed by atoms with van der Waals surface area (Å²) in [6.45, 7) is 0. The molecule has 0 unspecified atom stereocenters. The zero-order chi connectivity index (χ0) is 14.1. The van der Waals surface area contributed by atoms with Crippen LogP contribution in [0, 0.1) is 0 Å². The summed E-state index contributed by atoms with van der Waals surface area (Å²) in [5.41, 5.74) is 9.89. The van der Waals surface area contributed by atoms with Crippen LogP contribution in [0.3, 0.4) is 0 Å². The molecule has 2 aromatic carbocycles. The second kappa shape index (κ2) is 5.17. The highest BCUT2D eigenvalue weighted by molar-refractivity contribution is 6.31. The van der Waals surface area contributed by atoms with E-state index in [0.29, 0.717) is 0 Å². The molecule has 1 aromatic heterocycles. The molecule has 0 atom stereocenters. The van der Waals surface area contributed by atoms with Crippen LogP contribution in [0.4, 0.5) is 5.69 Å². The molecule has 3 aromatic rings. The van der Waals surface area contributed by atoms with E-state index in [1.807, 2.05) is 43.4 Å². The Bertz CT molecular complexity index is 762. The quantitative estimate of drug-likeness (QED) is 0.747. The van der Waals surface area contributed by atoms with Gasteiger partial charge in [0.15, 0.2) is 0 Å². The zero-order valence-corrected chi connectivity index (χ0v) is 12.1. The van der Waals surface area contributed by atoms with Crippen LogP contribution in [0.1, 0.15) is 11.4 Å². The van der Waals surface area contributed by atoms with Crippen LogP contribution in [-0.4, -0.2) is 9.55 Å². The van der Waals surface area contributed by atoms with Crippen LogP contribution in [-0.2, 0) is 19.9 Å². The Balaban J connectivity index is 1.86. The molecule has 0 saturated carbocycles. The molecule has 0 aliphatic carbocycles. The van der Waals surface area contributed by atoms with Crippen molar-refractivity contribution in [1.82, 2.24) is 9.55 Å². The molecule has 0 saturated heterocycles. The van der Waals surface area contributed by atoms with Crippen molar-refractivity contribution in [3.63, 3.8) is 0 Å². The van der Waals surface area contributed by atoms with Gasteiger partial charge in [-0.3, -0.25) is 0 Å². The third kappa shape index (κ3) is 2.49. The minimum atomic E-state index is 0.720. The number of aryl methyl sites for hydroxylation is 3. The van der Waals surface area contributed by atoms with Gasteiger partial charge in [0.05, 0.1) is 11.0 Å². The van der Waals surface area contributed by atoms with Crippen molar-refractivity contribution in [2.75, 3.05) is 5.73 Å². The molecule has 20 heavy (non-hydrogen) atoms. The van der Waals surface area contributed by atoms with Crippen molar-refractivity contribution in [1.29, 1.82) is 0 Å². The Kier molecular flexibility index (Phi) is 3.36. The van der Waals surface area contributed by atoms with Gasteiger partial charge in [0.2, 0.25) is 0 Å². The van der Waals surface area contributed by atoms with Crippen molar-refractivity contribution in [3.8, 4) is 0 Å². The summed E-state index contributed by atoms with van der Waals surface area (Å²) in [4.78, 5) is 4.66. The van der Waals surface area contributed by atoms with Gasteiger partial charge in [-0.15, -0.1) is 0 Å². The number of benzene rings is 2. The summed E-state index contributed by atoms with van der Waals surface area (Å²) in [6, 6.07) is 13.8. The lowest BCUT2D eigenvalue weighted by atomic mass is 10.1. The van der Waals surface area contributed by atoms with Gasteiger partial charge in [-0.25, -0.2) is 4.98 Å². The average Bonchev–Trinajstić information content (AvgIpc) is 2.72. The third-order valence-electron chi connectivity index (χ3n) is 3.52. The molecule has 0 spiro atoms. The summed E-state index contributed by atoms with van der Waals surface area (Å²) < 4.78 is 2.12. The first-order chi connectivity index (χ1) is 9.63. The fourth-order valence-electron chi connectivity index (χ4n) is 2.45. The highest BCUT2D eigenvalue weighted by Gasteiger charge is 2.08. The second-order valence-corrected chi connectivity index (χ2v) is 5.40. The Hall–Kier alpha value is -2.00. The Morgan fingerprint density at radius 2 is 2.00 bits per heavy atom. The first kappa shape index (κ1) is 13.0. The summed E-state index contributed by atoms with van der Waals surface area (Å²) in [6.07, 6.45) is 1.81. The van der Waals surface area contributed by atoms with Gasteiger partial charge in [-0.1, -0.05) is 23.7 Å². The predicted octanol–water partition coefficient (Wildman–Crippen LogP) is 3.59. The third-order valence-corrected chi connectivity index (χ3v) is 3.76. The lowest BCUT2D eigenvalue weighted by Gasteiger charge is -2.04. The first-order valence-corrected chi connectivity index (χ1v) is 6.96. The topological polar surface area (TPSA) is 43.8 Å². The van der Waals surface area contributed by atoms with E-state index in [-0.39, 0.29) is 0 Å². The normalized spacial score (nSPS) is 11.1. The van der Waals surface area contributed by atoms with Crippen molar-refractivity contribution < 1.29 is 0 Å². The number of imidazole rings is 1. The van der Waals surface area contributed by atoms with E-state index < -0.39 is 0 Å². The molecule has 0 bridgehead atoms. The van der Waals surface area contributed by atoms with E-state index in [1.54, 1.807) is 0 Å². The molecule has 2 N–H and O–H groups in total. The van der Waals surface area contributed by atoms with Gasteiger partial charge in [-0.05, 0) is 42.3 Å². The molecule has 0 radical (unpaired) electrons. The number of halogens is 1. The van der Waals surface area contributed by atoms with Crippen LogP contribution in [0.5, 0.6) is 0 Å². The average molecular weight is 286 g/mol. The zero-order valence-electron chi connectivity index (χ0n) is 11.3. The number of nitrogens with two attached hydrogens (primary N) is 1. The van der Waals surface area contributed by atoms with E-state index in [2.05, 4.69) is 15.6 Å². The van der Waals surface area contributed by atoms with E-state index >= 15 is 0 Å². The van der Waals surface area contributed by atoms with E-state index in [9.17, 15) is 0 Å². The maximum absolute atomic E-state index is 6.01. The Morgan fingerprint density at radius 3 is 2.80 bits per heavy atom. The van der Waals surface area contributed by atoms with Gasteiger partial charge >= 0.3 is 0 Å². The van der Waals surface area contributed by atoms with Gasteiger partial charge in [-0.2, -0.15) is 0 Å². The number of nitrogens with zero attached hydrogens (tertiary/aromatic N) is 2. The van der Waals surface area contributed by atoms with Crippen LogP contribution in [0.15, 0.2) is 42.5 Å². The summed E-state index contributed by atoms with van der Waals surface area (Å²) in [5.74, 6) is 1.06. The van der Waals surface area contributed by atoms with E-state index in [1.165, 1.54) is 5.56 Å². The Morgan fingerprint density at radius 1 is 1.15 bits per heavy atom. The molecule has 0 aliphatic rings. The number of nitrogen functional groups attached to an aromatic ring is 1. The number of aromatic nitrogens is 2. The van der Waals surface area contributed by atoms with Crippen LogP contribution >= 0.6 is 11.6 Å². The largest absolute Gasteiger partial charge is 0.399 e. The molecular weight excluding hydrogens is 270 g/mol. The minimum absolute atomic E-state index is 0.720. The lowest BCUT2D eigenvalue weighted by Crippen LogP contribution is -2.00. The number of rotatable bonds is 3. The van der Waals surface area contributed by atoms with Crippen LogP contribution in [0.2, 0.25) is 5.02 Å². The molecule has 4 heteroatoms. The molecule has 0 aliphatic heterocycles. The number of hydrogen-bond donors (Lipinski definition) is 1. The fraction of sp³-hybridized carbons (Fsp3) is 0.188. The summed E-state index contributed by atoms with van der Waals surface area (Å²) in [7, 11) is 2.04. The molecule has 102 valence electrons. The first-order valence-electron chi connectivity index (χ1n) is 6.59. The van der Waals surface area contributed by atoms with Crippen molar-refractivity contribution in [3.05, 3.63) is 58.9 Å². The summed E-state index contributed by atoms with van der Waals surface area (Å²) in [5, 5.41) is 0.720. The lowest BCUT2D eigenvalue weighted by molar-refractivity contribution is 0.787. The highest BCUT2D eigenvalue weighted by atomic mass is 35.5. The van der Waals surface area contributed by atoms with Gasteiger partial charge in [0.25, 0.3) is 0 Å². The maximum atomic E-state index is 6.01. The van der Waals surface area contributed by atoms with Crippen LogP contribution < -0.4 is 5.73 Å².